The van der Waals surface area contributed by atoms with Crippen molar-refractivity contribution in [2.24, 2.45) is 0 Å². The fraction of sp³-hybridized carbons (Fsp3) is 0.375. The predicted molar refractivity (Wildman–Crippen MR) is 115 cm³/mol. The van der Waals surface area contributed by atoms with Crippen molar-refractivity contribution >= 4 is 17.6 Å². The standard InChI is InChI=1S/C24H25F3N2O4/c25-24(26,27)23(32)29-13-10-17-6-7-19(16-18(17)11-14-29)21(30)8-9-22(31)28-12-15-33-20-4-2-1-3-5-20/h1-7,16H,8-15H2,(H,28,31). The van der Waals surface area contributed by atoms with Gasteiger partial charge in [0.05, 0.1) is 6.54 Å². The van der Waals surface area contributed by atoms with E-state index < -0.39 is 12.1 Å². The molecule has 0 saturated heterocycles. The maximum atomic E-state index is 12.7. The number of ether oxygens (including phenoxy) is 1. The molecule has 0 saturated carbocycles. The van der Waals surface area contributed by atoms with Crippen molar-refractivity contribution in [1.29, 1.82) is 0 Å². The molecule has 0 atom stereocenters. The quantitative estimate of drug-likeness (QED) is 0.482. The Kier molecular flexibility index (Phi) is 8.08. The first-order valence-corrected chi connectivity index (χ1v) is 10.7. The molecule has 6 nitrogen and oxygen atoms in total. The van der Waals surface area contributed by atoms with Gasteiger partial charge in [0, 0.05) is 31.5 Å². The monoisotopic (exact) mass is 462 g/mol. The Hall–Kier alpha value is -3.36. The highest BCUT2D eigenvalue weighted by Crippen LogP contribution is 2.23. The number of carbonyl (C=O) groups excluding carboxylic acids is 3. The zero-order valence-corrected chi connectivity index (χ0v) is 18.0. The molecule has 9 heteroatoms. The number of fused-ring (bicyclic) bond motifs is 1. The molecule has 0 bridgehead atoms. The van der Waals surface area contributed by atoms with Gasteiger partial charge in [0.2, 0.25) is 5.91 Å². The lowest BCUT2D eigenvalue weighted by molar-refractivity contribution is -0.185. The smallest absolute Gasteiger partial charge is 0.471 e. The molecule has 3 rings (SSSR count). The number of ketones is 1. The number of para-hydroxylation sites is 1. The summed E-state index contributed by atoms with van der Waals surface area (Å²) in [5.74, 6) is -1.63. The van der Waals surface area contributed by atoms with Crippen molar-refractivity contribution in [3.05, 3.63) is 65.2 Å². The fourth-order valence-electron chi connectivity index (χ4n) is 3.62. The highest BCUT2D eigenvalue weighted by atomic mass is 19.4. The molecule has 2 aromatic rings. The maximum Gasteiger partial charge on any atom is 0.471 e. The Morgan fingerprint density at radius 1 is 0.939 bits per heavy atom. The van der Waals surface area contributed by atoms with E-state index in [2.05, 4.69) is 5.32 Å². The van der Waals surface area contributed by atoms with Crippen LogP contribution in [0.1, 0.15) is 34.3 Å². The van der Waals surface area contributed by atoms with Gasteiger partial charge in [-0.2, -0.15) is 13.2 Å². The van der Waals surface area contributed by atoms with Crippen LogP contribution in [0.4, 0.5) is 13.2 Å². The molecule has 1 aliphatic heterocycles. The number of alkyl halides is 3. The fourth-order valence-corrected chi connectivity index (χ4v) is 3.62. The van der Waals surface area contributed by atoms with E-state index in [1.54, 1.807) is 18.2 Å². The van der Waals surface area contributed by atoms with Gasteiger partial charge in [-0.1, -0.05) is 30.3 Å². The highest BCUT2D eigenvalue weighted by molar-refractivity contribution is 5.98. The van der Waals surface area contributed by atoms with Gasteiger partial charge in [-0.15, -0.1) is 0 Å². The van der Waals surface area contributed by atoms with Crippen LogP contribution in [0.15, 0.2) is 48.5 Å². The third kappa shape index (κ3) is 7.06. The SMILES string of the molecule is O=C(CCC(=O)c1ccc2c(c1)CCN(C(=O)C(F)(F)F)CC2)NCCOc1ccccc1. The minimum Gasteiger partial charge on any atom is -0.492 e. The summed E-state index contributed by atoms with van der Waals surface area (Å²) in [5.41, 5.74) is 1.98. The Balaban J connectivity index is 1.45. The average Bonchev–Trinajstić information content (AvgIpc) is 3.02. The lowest BCUT2D eigenvalue weighted by Gasteiger charge is -2.21. The van der Waals surface area contributed by atoms with E-state index in [0.29, 0.717) is 30.9 Å². The van der Waals surface area contributed by atoms with Gasteiger partial charge in [0.1, 0.15) is 12.4 Å². The number of hydrogen-bond acceptors (Lipinski definition) is 4. The van der Waals surface area contributed by atoms with E-state index in [1.807, 2.05) is 30.3 Å². The topological polar surface area (TPSA) is 75.7 Å². The number of nitrogens with one attached hydrogen (secondary N) is 1. The summed E-state index contributed by atoms with van der Waals surface area (Å²) in [7, 11) is 0. The number of Topliss-reactive ketones (excluding diaryl/α,β-unsaturated/α-hetero) is 1. The Morgan fingerprint density at radius 3 is 2.33 bits per heavy atom. The molecule has 1 heterocycles. The van der Waals surface area contributed by atoms with E-state index in [9.17, 15) is 27.6 Å². The zero-order valence-electron chi connectivity index (χ0n) is 18.0. The zero-order chi connectivity index (χ0) is 23.8. The number of rotatable bonds is 8. The van der Waals surface area contributed by atoms with Crippen LogP contribution in [0.25, 0.3) is 0 Å². The minimum absolute atomic E-state index is 0.0167. The normalized spacial score (nSPS) is 13.6. The molecule has 0 aliphatic carbocycles. The van der Waals surface area contributed by atoms with E-state index in [-0.39, 0.29) is 44.0 Å². The van der Waals surface area contributed by atoms with Crippen LogP contribution in [0.5, 0.6) is 5.75 Å². The second kappa shape index (κ2) is 11.0. The van der Waals surface area contributed by atoms with Crippen molar-refractivity contribution in [3.8, 4) is 5.75 Å². The first kappa shape index (κ1) is 24.3. The number of benzene rings is 2. The molecule has 1 aliphatic rings. The van der Waals surface area contributed by atoms with Crippen molar-refractivity contribution in [2.75, 3.05) is 26.2 Å². The first-order chi connectivity index (χ1) is 15.7. The molecule has 0 aromatic heterocycles. The highest BCUT2D eigenvalue weighted by Gasteiger charge is 2.42. The van der Waals surface area contributed by atoms with Crippen molar-refractivity contribution < 1.29 is 32.3 Å². The molecule has 0 radical (unpaired) electrons. The van der Waals surface area contributed by atoms with Gasteiger partial charge < -0.3 is 15.0 Å². The van der Waals surface area contributed by atoms with Crippen LogP contribution < -0.4 is 10.1 Å². The molecule has 0 unspecified atom stereocenters. The van der Waals surface area contributed by atoms with Crippen LogP contribution in [-0.4, -0.2) is 54.9 Å². The number of amides is 2. The molecule has 0 spiro atoms. The van der Waals surface area contributed by atoms with Gasteiger partial charge in [0.15, 0.2) is 5.78 Å². The van der Waals surface area contributed by atoms with Crippen LogP contribution in [0, 0.1) is 0 Å². The number of hydrogen-bond donors (Lipinski definition) is 1. The van der Waals surface area contributed by atoms with Crippen LogP contribution in [0.2, 0.25) is 0 Å². The third-order valence-corrected chi connectivity index (χ3v) is 5.38. The molecular weight excluding hydrogens is 437 g/mol. The summed E-state index contributed by atoms with van der Waals surface area (Å²) in [6.45, 7) is 0.541. The second-order valence-corrected chi connectivity index (χ2v) is 7.71. The lowest BCUT2D eigenvalue weighted by Crippen LogP contribution is -2.42. The molecule has 33 heavy (non-hydrogen) atoms. The van der Waals surface area contributed by atoms with Gasteiger partial charge >= 0.3 is 12.1 Å². The number of carbonyl (C=O) groups is 3. The summed E-state index contributed by atoms with van der Waals surface area (Å²) in [4.78, 5) is 36.8. The summed E-state index contributed by atoms with van der Waals surface area (Å²) < 4.78 is 43.6. The average molecular weight is 462 g/mol. The van der Waals surface area contributed by atoms with Crippen molar-refractivity contribution in [1.82, 2.24) is 10.2 Å². The number of nitrogens with zero attached hydrogens (tertiary/aromatic N) is 1. The molecule has 1 N–H and O–H groups in total. The van der Waals surface area contributed by atoms with Gasteiger partial charge in [0.25, 0.3) is 0 Å². The van der Waals surface area contributed by atoms with Gasteiger partial charge in [-0.3, -0.25) is 14.4 Å². The molecule has 2 aromatic carbocycles. The number of halogens is 3. The molecule has 0 fully saturated rings. The lowest BCUT2D eigenvalue weighted by atomic mass is 9.97. The maximum absolute atomic E-state index is 12.7. The van der Waals surface area contributed by atoms with E-state index >= 15 is 0 Å². The van der Waals surface area contributed by atoms with Crippen molar-refractivity contribution in [2.45, 2.75) is 31.9 Å². The largest absolute Gasteiger partial charge is 0.492 e. The van der Waals surface area contributed by atoms with E-state index in [4.69, 9.17) is 4.74 Å². The molecular formula is C24H25F3N2O4. The summed E-state index contributed by atoms with van der Waals surface area (Å²) >= 11 is 0. The second-order valence-electron chi connectivity index (χ2n) is 7.71. The van der Waals surface area contributed by atoms with Crippen molar-refractivity contribution in [3.63, 3.8) is 0 Å². The third-order valence-electron chi connectivity index (χ3n) is 5.38. The Labute approximate surface area is 189 Å². The summed E-state index contributed by atoms with van der Waals surface area (Å²) in [6.07, 6.45) is -4.33. The van der Waals surface area contributed by atoms with E-state index in [0.717, 1.165) is 16.0 Å². The molecule has 176 valence electrons. The predicted octanol–water partition coefficient (Wildman–Crippen LogP) is 3.33. The Morgan fingerprint density at radius 2 is 1.64 bits per heavy atom. The van der Waals surface area contributed by atoms with Gasteiger partial charge in [-0.25, -0.2) is 0 Å². The van der Waals surface area contributed by atoms with Crippen LogP contribution in [0.3, 0.4) is 0 Å². The van der Waals surface area contributed by atoms with E-state index in [1.165, 1.54) is 0 Å². The first-order valence-electron chi connectivity index (χ1n) is 10.7. The van der Waals surface area contributed by atoms with Crippen LogP contribution >= 0.6 is 0 Å². The summed E-state index contributed by atoms with van der Waals surface area (Å²) in [5, 5.41) is 2.70. The van der Waals surface area contributed by atoms with Gasteiger partial charge in [-0.05, 0) is 42.2 Å². The summed E-state index contributed by atoms with van der Waals surface area (Å²) in [6, 6.07) is 14.2. The minimum atomic E-state index is -4.90. The Bertz CT molecular complexity index is 993. The molecule has 2 amide bonds. The van der Waals surface area contributed by atoms with Crippen LogP contribution in [-0.2, 0) is 22.4 Å².